The van der Waals surface area contributed by atoms with Gasteiger partial charge in [0.15, 0.2) is 0 Å². The summed E-state index contributed by atoms with van der Waals surface area (Å²) in [7, 11) is 1.78. The second-order valence-electron chi connectivity index (χ2n) is 23.9. The predicted octanol–water partition coefficient (Wildman–Crippen LogP) is -12.2. The number of unbranched alkanes of at least 4 members (excludes halogenated alkanes) is 3. The monoisotopic (exact) mass is 1520 g/mol. The highest BCUT2D eigenvalue weighted by Crippen LogP contribution is 2.23. The zero-order valence-electron chi connectivity index (χ0n) is 58.3. The summed E-state index contributed by atoms with van der Waals surface area (Å²) in [6.45, 7) is 1.02. The summed E-state index contributed by atoms with van der Waals surface area (Å²) in [4.78, 5) is 236. The highest BCUT2D eigenvalue weighted by Gasteiger charge is 2.36. The third-order valence-electron chi connectivity index (χ3n) is 14.9. The molecular formula is C59H102N20O23S2. The Hall–Kier alpha value is -9.12. The van der Waals surface area contributed by atoms with Gasteiger partial charge in [0.25, 0.3) is 0 Å². The van der Waals surface area contributed by atoms with Gasteiger partial charge in [0, 0.05) is 17.9 Å². The zero-order valence-corrected chi connectivity index (χ0v) is 60.0. The SMILES string of the molecule is C[C@@H]1NC(=O)[C@H](CCCCN)NC(=O)CNC(=O)[C@@H](N)CSSC[C@@H](C(=O)O)NC(=O)CNC(=O)CNC(=O)[C@H]([C@@H](C)O)NC(=O)[C@H](C)NC(=O)[C@H](CCC(=O)O)NC(=O)CNC(=O)[C@H](CCCCN)NC(=O)CNC(=O)[C@H](CCCCN)NC(=O)[C@H]([C@@H](C)O)NC(=O)[C@H](C)NC(=O)[C@H](CO)NC1=O. The van der Waals surface area contributed by atoms with Crippen LogP contribution in [0.2, 0.25) is 0 Å². The number of hydrogen-bond acceptors (Lipinski definition) is 27. The van der Waals surface area contributed by atoms with E-state index in [4.69, 9.17) is 22.9 Å². The van der Waals surface area contributed by atoms with Crippen molar-refractivity contribution in [2.45, 2.75) is 190 Å². The number of nitrogens with two attached hydrogens (primary N) is 4. The molecule has 0 aromatic heterocycles. The third kappa shape index (κ3) is 37.4. The molecule has 43 nitrogen and oxygen atoms in total. The molecule has 1 heterocycles. The Kier molecular flexibility index (Phi) is 44.9. The molecule has 1 saturated heterocycles. The highest BCUT2D eigenvalue weighted by atomic mass is 33.1. The van der Waals surface area contributed by atoms with Crippen LogP contribution in [0, 0.1) is 0 Å². The maximum atomic E-state index is 13.8. The largest absolute Gasteiger partial charge is 0.481 e. The lowest BCUT2D eigenvalue weighted by Gasteiger charge is -2.26. The van der Waals surface area contributed by atoms with Gasteiger partial charge in [-0.05, 0) is 118 Å². The van der Waals surface area contributed by atoms with Gasteiger partial charge in [-0.25, -0.2) is 4.79 Å². The first kappa shape index (κ1) is 92.9. The van der Waals surface area contributed by atoms with Crippen molar-refractivity contribution in [2.24, 2.45) is 22.9 Å². The van der Waals surface area contributed by atoms with E-state index in [1.165, 1.54) is 6.92 Å². The second-order valence-corrected chi connectivity index (χ2v) is 26.4. The Bertz CT molecular complexity index is 2960. The van der Waals surface area contributed by atoms with Crippen LogP contribution >= 0.6 is 21.6 Å². The standard InChI is InChI=1S/C59H102N20O23S2/c1-28-48(90)77-38(25-80)56(98)71-30(3)50(92)79-47(32(5)82)58(100)76-35(13-7-10-18-61)53(95)67-23-43(86)72-34(12-6-9-17-60)52(94)66-24-44(87)74-37(15-16-45(88)89)55(97)70-29(2)49(91)78-46(31(4)81)57(99)68-20-40(83)64-21-41(84)75-39(59(101)102)27-104-103-26-33(63)51(93)65-22-42(85)73-36(54(96)69-28)14-8-11-19-62/h28-39,46-47,80-82H,6-27,60-63H2,1-5H3,(H,64,83)(H,65,93)(H,66,94)(H,67,95)(H,68,99)(H,69,96)(H,70,97)(H,71,98)(H,72,86)(H,73,85)(H,74,87)(H,75,84)(H,76,100)(H,77,90)(H,78,91)(H,79,92)(H,88,89)(H,101,102)/t28-,29-,30-,31+,32+,33-,34-,35-,36-,37-,38-,39-,46-,47-/m0/s1. The van der Waals surface area contributed by atoms with E-state index < -0.39 is 243 Å². The first-order valence-electron chi connectivity index (χ1n) is 33.2. The molecular weight excluding hydrogens is 1420 g/mol. The molecule has 29 N–H and O–H groups in total. The number of carbonyl (C=O) groups is 18. The fraction of sp³-hybridized carbons (Fsp3) is 0.695. The quantitative estimate of drug-likeness (QED) is 0.0422. The molecule has 0 aromatic carbocycles. The van der Waals surface area contributed by atoms with Crippen LogP contribution in [0.5, 0.6) is 0 Å². The van der Waals surface area contributed by atoms with E-state index in [1.807, 2.05) is 0 Å². The average Bonchev–Trinajstić information content (AvgIpc) is 1.08. The van der Waals surface area contributed by atoms with Crippen LogP contribution in [0.1, 0.15) is 105 Å². The Morgan fingerprint density at radius 2 is 0.731 bits per heavy atom. The van der Waals surface area contributed by atoms with Crippen molar-refractivity contribution in [3.63, 3.8) is 0 Å². The van der Waals surface area contributed by atoms with Crippen LogP contribution in [-0.4, -0.2) is 287 Å². The van der Waals surface area contributed by atoms with Crippen molar-refractivity contribution in [1.29, 1.82) is 0 Å². The summed E-state index contributed by atoms with van der Waals surface area (Å²) < 4.78 is 0. The minimum atomic E-state index is -1.82. The molecule has 14 atom stereocenters. The van der Waals surface area contributed by atoms with Crippen LogP contribution in [0.25, 0.3) is 0 Å². The number of aliphatic hydroxyl groups is 3. The fourth-order valence-corrected chi connectivity index (χ4v) is 11.2. The molecule has 1 aliphatic heterocycles. The van der Waals surface area contributed by atoms with E-state index in [2.05, 4.69) is 85.1 Å². The lowest BCUT2D eigenvalue weighted by Crippen LogP contribution is -2.61. The molecule has 0 bridgehead atoms. The van der Waals surface area contributed by atoms with E-state index in [0.29, 0.717) is 25.7 Å². The lowest BCUT2D eigenvalue weighted by molar-refractivity contribution is -0.141. The molecule has 104 heavy (non-hydrogen) atoms. The third-order valence-corrected chi connectivity index (χ3v) is 17.4. The van der Waals surface area contributed by atoms with E-state index in [9.17, 15) is 112 Å². The topological polar surface area (TPSA) is 705 Å². The van der Waals surface area contributed by atoms with E-state index in [1.54, 1.807) is 0 Å². The minimum absolute atomic E-state index is 0.0178. The van der Waals surface area contributed by atoms with Crippen LogP contribution in [0.15, 0.2) is 0 Å². The van der Waals surface area contributed by atoms with Gasteiger partial charge in [0.2, 0.25) is 94.5 Å². The zero-order chi connectivity index (χ0) is 78.8. The molecule has 1 fully saturated rings. The Labute approximate surface area is 606 Å². The number of carbonyl (C=O) groups excluding carboxylic acids is 16. The van der Waals surface area contributed by atoms with Crippen LogP contribution in [0.4, 0.5) is 0 Å². The van der Waals surface area contributed by atoms with Crippen molar-refractivity contribution in [3.8, 4) is 0 Å². The molecule has 45 heteroatoms. The van der Waals surface area contributed by atoms with Gasteiger partial charge < -0.3 is 134 Å². The van der Waals surface area contributed by atoms with Crippen molar-refractivity contribution in [1.82, 2.24) is 85.1 Å². The number of amides is 16. The summed E-state index contributed by atoms with van der Waals surface area (Å²) in [6, 6.07) is -18.7. The van der Waals surface area contributed by atoms with Gasteiger partial charge in [-0.1, -0.05) is 21.6 Å². The number of hydrogen-bond donors (Lipinski definition) is 25. The number of carboxylic acid groups (broad SMARTS) is 2. The van der Waals surface area contributed by atoms with Gasteiger partial charge in [-0.2, -0.15) is 0 Å². The van der Waals surface area contributed by atoms with Crippen molar-refractivity contribution in [2.75, 3.05) is 70.5 Å². The number of aliphatic hydroxyl groups excluding tert-OH is 3. The van der Waals surface area contributed by atoms with Crippen molar-refractivity contribution >= 4 is 128 Å². The number of rotatable bonds is 19. The molecule has 0 aromatic rings. The normalized spacial score (nSPS) is 26.4. The van der Waals surface area contributed by atoms with Gasteiger partial charge in [0.1, 0.15) is 66.5 Å². The molecule has 1 rings (SSSR count). The van der Waals surface area contributed by atoms with Crippen LogP contribution < -0.4 is 108 Å². The lowest BCUT2D eigenvalue weighted by atomic mass is 10.1. The van der Waals surface area contributed by atoms with E-state index in [0.717, 1.165) is 49.3 Å². The summed E-state index contributed by atoms with van der Waals surface area (Å²) in [5, 5.41) is 86.8. The van der Waals surface area contributed by atoms with Gasteiger partial charge in [-0.3, -0.25) is 81.5 Å². The van der Waals surface area contributed by atoms with Gasteiger partial charge in [-0.15, -0.1) is 0 Å². The molecule has 0 aliphatic carbocycles. The number of aliphatic carboxylic acids is 2. The highest BCUT2D eigenvalue weighted by molar-refractivity contribution is 8.76. The fourth-order valence-electron chi connectivity index (χ4n) is 8.95. The van der Waals surface area contributed by atoms with Crippen molar-refractivity contribution < 1.29 is 112 Å². The van der Waals surface area contributed by atoms with Crippen LogP contribution in [0.3, 0.4) is 0 Å². The molecule has 1 aliphatic rings. The smallest absolute Gasteiger partial charge is 0.327 e. The van der Waals surface area contributed by atoms with Crippen molar-refractivity contribution in [3.05, 3.63) is 0 Å². The number of nitrogens with one attached hydrogen (secondary N) is 16. The summed E-state index contributed by atoms with van der Waals surface area (Å²) in [5.74, 6) is -19.8. The average molecular weight is 1520 g/mol. The summed E-state index contributed by atoms with van der Waals surface area (Å²) >= 11 is 0. The first-order valence-corrected chi connectivity index (χ1v) is 35.7. The minimum Gasteiger partial charge on any atom is -0.481 e. The van der Waals surface area contributed by atoms with E-state index >= 15 is 0 Å². The molecule has 0 saturated carbocycles. The maximum Gasteiger partial charge on any atom is 0.327 e. The Morgan fingerprint density at radius 1 is 0.394 bits per heavy atom. The van der Waals surface area contributed by atoms with Gasteiger partial charge in [0.05, 0.1) is 57.6 Å². The molecule has 0 spiro atoms. The second kappa shape index (κ2) is 50.3. The summed E-state index contributed by atoms with van der Waals surface area (Å²) in [5.41, 5.74) is 22.9. The number of carboxylic acids is 2. The summed E-state index contributed by atoms with van der Waals surface area (Å²) in [6.07, 6.45) is -2.97. The Balaban J connectivity index is 3.58. The predicted molar refractivity (Wildman–Crippen MR) is 370 cm³/mol. The Morgan fingerprint density at radius 3 is 1.14 bits per heavy atom. The van der Waals surface area contributed by atoms with Gasteiger partial charge >= 0.3 is 11.9 Å². The molecule has 0 unspecified atom stereocenters. The maximum absolute atomic E-state index is 13.8. The van der Waals surface area contributed by atoms with E-state index in [-0.39, 0.29) is 63.2 Å². The molecule has 0 radical (unpaired) electrons. The molecule has 588 valence electrons. The van der Waals surface area contributed by atoms with Crippen LogP contribution in [-0.2, 0) is 86.3 Å². The molecule has 16 amide bonds. The first-order chi connectivity index (χ1) is 49.0.